The number of hydrogen-bond donors (Lipinski definition) is 2. The average Bonchev–Trinajstić information content (AvgIpc) is 2.71. The van der Waals surface area contributed by atoms with Crippen LogP contribution in [0.1, 0.15) is 21.6 Å². The topological polar surface area (TPSA) is 137 Å². The van der Waals surface area contributed by atoms with Crippen molar-refractivity contribution in [3.63, 3.8) is 0 Å². The minimum atomic E-state index is -0.660. The summed E-state index contributed by atoms with van der Waals surface area (Å²) in [4.78, 5) is 25.7. The number of nitrogens with one attached hydrogen (secondary N) is 1. The number of carbonyl (C=O) groups excluding carboxylic acids is 1. The predicted octanol–water partition coefficient (Wildman–Crippen LogP) is 1.43. The zero-order valence-corrected chi connectivity index (χ0v) is 10.7. The Morgan fingerprint density at radius 2 is 2.20 bits per heavy atom. The van der Waals surface area contributed by atoms with Crippen LogP contribution in [0, 0.1) is 24.0 Å². The maximum Gasteiger partial charge on any atom is 0.288 e. The number of hydrogen-bond acceptors (Lipinski definition) is 7. The number of carbonyl (C=O) groups is 1. The number of aromatic nitrogens is 2. The van der Waals surface area contributed by atoms with Crippen LogP contribution in [0.3, 0.4) is 0 Å². The molecule has 0 saturated carbocycles. The molecule has 1 amide bonds. The molecule has 2 aromatic rings. The van der Waals surface area contributed by atoms with E-state index in [1.54, 1.807) is 13.8 Å². The van der Waals surface area contributed by atoms with Crippen molar-refractivity contribution in [2.24, 2.45) is 0 Å². The summed E-state index contributed by atoms with van der Waals surface area (Å²) in [6.45, 7) is 3.44. The Morgan fingerprint density at radius 3 is 2.75 bits per heavy atom. The number of nitro groups is 1. The molecule has 0 fully saturated rings. The van der Waals surface area contributed by atoms with E-state index in [9.17, 15) is 14.9 Å². The van der Waals surface area contributed by atoms with Crippen molar-refractivity contribution in [3.05, 3.63) is 39.2 Å². The molecule has 0 atom stereocenters. The van der Waals surface area contributed by atoms with Crippen molar-refractivity contribution < 1.29 is 14.2 Å². The minimum absolute atomic E-state index is 0.104. The lowest BCUT2D eigenvalue weighted by molar-refractivity contribution is -0.385. The lowest BCUT2D eigenvalue weighted by Gasteiger charge is -2.04. The molecule has 104 valence electrons. The number of amides is 1. The van der Waals surface area contributed by atoms with E-state index in [2.05, 4.69) is 15.5 Å². The summed E-state index contributed by atoms with van der Waals surface area (Å²) in [6.07, 6.45) is 0.982. The highest BCUT2D eigenvalue weighted by Crippen LogP contribution is 2.21. The second-order valence-corrected chi connectivity index (χ2v) is 4.06. The summed E-state index contributed by atoms with van der Waals surface area (Å²) < 4.78 is 4.93. The number of nitrogens with zero attached hydrogens (tertiary/aromatic N) is 3. The maximum atomic E-state index is 12.0. The fraction of sp³-hybridized carbons (Fsp3) is 0.182. The molecule has 2 heterocycles. The monoisotopic (exact) mass is 277 g/mol. The third kappa shape index (κ3) is 2.41. The van der Waals surface area contributed by atoms with Crippen molar-refractivity contribution in [3.8, 4) is 0 Å². The van der Waals surface area contributed by atoms with Crippen molar-refractivity contribution in [2.75, 3.05) is 11.1 Å². The zero-order valence-electron chi connectivity index (χ0n) is 10.7. The Morgan fingerprint density at radius 1 is 1.50 bits per heavy atom. The largest absolute Gasteiger partial charge is 0.383 e. The minimum Gasteiger partial charge on any atom is -0.383 e. The lowest BCUT2D eigenvalue weighted by Crippen LogP contribution is -2.15. The zero-order chi connectivity index (χ0) is 14.9. The van der Waals surface area contributed by atoms with E-state index < -0.39 is 10.8 Å². The molecular formula is C11H11N5O4. The normalized spacial score (nSPS) is 10.3. The number of anilines is 2. The van der Waals surface area contributed by atoms with Crippen LogP contribution in [-0.4, -0.2) is 21.0 Å². The van der Waals surface area contributed by atoms with E-state index in [0.717, 1.165) is 12.3 Å². The number of nitrogens with two attached hydrogens (primary N) is 1. The van der Waals surface area contributed by atoms with Gasteiger partial charge in [0, 0.05) is 11.6 Å². The van der Waals surface area contributed by atoms with Gasteiger partial charge in [0.2, 0.25) is 5.88 Å². The maximum absolute atomic E-state index is 12.0. The predicted molar refractivity (Wildman–Crippen MR) is 69.2 cm³/mol. The molecule has 9 heteroatoms. The first-order valence-corrected chi connectivity index (χ1v) is 5.54. The van der Waals surface area contributed by atoms with Gasteiger partial charge in [-0.25, -0.2) is 4.98 Å². The van der Waals surface area contributed by atoms with Crippen LogP contribution >= 0.6 is 0 Å². The Kier molecular flexibility index (Phi) is 3.34. The summed E-state index contributed by atoms with van der Waals surface area (Å²) in [5.41, 5.74) is 6.41. The van der Waals surface area contributed by atoms with Crippen LogP contribution in [-0.2, 0) is 0 Å². The Labute approximate surface area is 112 Å². The van der Waals surface area contributed by atoms with Gasteiger partial charge in [-0.05, 0) is 13.8 Å². The van der Waals surface area contributed by atoms with Crippen LogP contribution in [0.5, 0.6) is 0 Å². The summed E-state index contributed by atoms with van der Waals surface area (Å²) >= 11 is 0. The Bertz CT molecular complexity index is 694. The lowest BCUT2D eigenvalue weighted by atomic mass is 10.2. The third-order valence-electron chi connectivity index (χ3n) is 2.74. The molecule has 0 aliphatic carbocycles. The van der Waals surface area contributed by atoms with Gasteiger partial charge in [0.15, 0.2) is 0 Å². The standard InChI is InChI=1S/C11H11N5O4/c1-5-6(2)15-20-11(5)14-10(17)8-3-7(16(18)19)4-13-9(8)12/h3-4H,1-2H3,(H2,12,13)(H,14,17). The summed E-state index contributed by atoms with van der Waals surface area (Å²) in [5.74, 6) is -0.599. The molecule has 0 saturated heterocycles. The molecular weight excluding hydrogens is 266 g/mol. The Balaban J connectivity index is 2.31. The van der Waals surface area contributed by atoms with Crippen LogP contribution < -0.4 is 11.1 Å². The SMILES string of the molecule is Cc1noc(NC(=O)c2cc([N+](=O)[O-])cnc2N)c1C. The third-order valence-corrected chi connectivity index (χ3v) is 2.74. The molecule has 0 bridgehead atoms. The average molecular weight is 277 g/mol. The second-order valence-electron chi connectivity index (χ2n) is 4.06. The molecule has 0 spiro atoms. The molecule has 2 rings (SSSR count). The van der Waals surface area contributed by atoms with Crippen LogP contribution in [0.15, 0.2) is 16.8 Å². The number of pyridine rings is 1. The molecule has 0 unspecified atom stereocenters. The number of nitrogen functional groups attached to an aromatic ring is 1. The molecule has 9 nitrogen and oxygen atoms in total. The van der Waals surface area contributed by atoms with Gasteiger partial charge in [0.05, 0.1) is 16.2 Å². The highest BCUT2D eigenvalue weighted by Gasteiger charge is 2.19. The fourth-order valence-electron chi connectivity index (χ4n) is 1.45. The summed E-state index contributed by atoms with van der Waals surface area (Å²) in [5, 5.41) is 16.8. The van der Waals surface area contributed by atoms with E-state index in [1.807, 2.05) is 0 Å². The Hall–Kier alpha value is -2.97. The van der Waals surface area contributed by atoms with Crippen LogP contribution in [0.4, 0.5) is 17.4 Å². The molecule has 2 aromatic heterocycles. The summed E-state index contributed by atoms with van der Waals surface area (Å²) in [6, 6.07) is 1.05. The smallest absolute Gasteiger partial charge is 0.288 e. The van der Waals surface area contributed by atoms with E-state index in [1.165, 1.54) is 0 Å². The first-order valence-electron chi connectivity index (χ1n) is 5.54. The van der Waals surface area contributed by atoms with Gasteiger partial charge < -0.3 is 10.3 Å². The van der Waals surface area contributed by atoms with E-state index in [4.69, 9.17) is 10.3 Å². The van der Waals surface area contributed by atoms with Crippen molar-refractivity contribution in [1.82, 2.24) is 10.1 Å². The van der Waals surface area contributed by atoms with E-state index in [0.29, 0.717) is 11.3 Å². The molecule has 0 radical (unpaired) electrons. The van der Waals surface area contributed by atoms with Crippen molar-refractivity contribution >= 4 is 23.3 Å². The number of aryl methyl sites for hydroxylation is 1. The molecule has 20 heavy (non-hydrogen) atoms. The molecule has 0 aliphatic rings. The van der Waals surface area contributed by atoms with E-state index >= 15 is 0 Å². The van der Waals surface area contributed by atoms with Crippen molar-refractivity contribution in [1.29, 1.82) is 0 Å². The number of rotatable bonds is 3. The van der Waals surface area contributed by atoms with Crippen molar-refractivity contribution in [2.45, 2.75) is 13.8 Å². The van der Waals surface area contributed by atoms with Crippen LogP contribution in [0.2, 0.25) is 0 Å². The van der Waals surface area contributed by atoms with Gasteiger partial charge >= 0.3 is 0 Å². The van der Waals surface area contributed by atoms with Gasteiger partial charge in [-0.3, -0.25) is 20.2 Å². The van der Waals surface area contributed by atoms with Gasteiger partial charge in [0.25, 0.3) is 11.6 Å². The quantitative estimate of drug-likeness (QED) is 0.639. The van der Waals surface area contributed by atoms with Crippen LogP contribution in [0.25, 0.3) is 0 Å². The van der Waals surface area contributed by atoms with Gasteiger partial charge in [-0.15, -0.1) is 0 Å². The van der Waals surface area contributed by atoms with E-state index in [-0.39, 0.29) is 23.0 Å². The first-order chi connectivity index (χ1) is 9.40. The molecule has 0 aliphatic heterocycles. The molecule has 3 N–H and O–H groups in total. The molecule has 0 aromatic carbocycles. The fourth-order valence-corrected chi connectivity index (χ4v) is 1.45. The van der Waals surface area contributed by atoms with Gasteiger partial charge in [-0.1, -0.05) is 5.16 Å². The summed E-state index contributed by atoms with van der Waals surface area (Å²) in [7, 11) is 0. The highest BCUT2D eigenvalue weighted by atomic mass is 16.6. The highest BCUT2D eigenvalue weighted by molar-refractivity contribution is 6.07. The van der Waals surface area contributed by atoms with Gasteiger partial charge in [-0.2, -0.15) is 0 Å². The van der Waals surface area contributed by atoms with Gasteiger partial charge in [0.1, 0.15) is 12.0 Å². The first kappa shape index (κ1) is 13.5. The second kappa shape index (κ2) is 4.96.